The second-order valence-corrected chi connectivity index (χ2v) is 7.84. The summed E-state index contributed by atoms with van der Waals surface area (Å²) < 4.78 is 40.2. The van der Waals surface area contributed by atoms with E-state index in [0.717, 1.165) is 37.8 Å². The predicted molar refractivity (Wildman–Crippen MR) is 100 cm³/mol. The first-order chi connectivity index (χ1) is 13.3. The molecule has 28 heavy (non-hydrogen) atoms. The average molecular weight is 415 g/mol. The Morgan fingerprint density at radius 2 is 1.89 bits per heavy atom. The maximum atomic E-state index is 12.2. The number of nitrogens with one attached hydrogen (secondary N) is 2. The van der Waals surface area contributed by atoms with Crippen LogP contribution in [0.15, 0.2) is 29.3 Å². The Morgan fingerprint density at radius 3 is 2.54 bits per heavy atom. The number of benzene rings is 1. The van der Waals surface area contributed by atoms with E-state index < -0.39 is 17.5 Å². The zero-order valence-corrected chi connectivity index (χ0v) is 15.7. The quantitative estimate of drug-likeness (QED) is 0.766. The normalized spacial score (nSPS) is 22.2. The van der Waals surface area contributed by atoms with E-state index in [1.807, 2.05) is 0 Å². The maximum absolute atomic E-state index is 12.2. The molecule has 10 heteroatoms. The molecule has 0 radical (unpaired) electrons. The van der Waals surface area contributed by atoms with E-state index in [0.29, 0.717) is 10.9 Å². The lowest BCUT2D eigenvalue weighted by Gasteiger charge is -2.17. The summed E-state index contributed by atoms with van der Waals surface area (Å²) in [7, 11) is 0. The van der Waals surface area contributed by atoms with Crippen molar-refractivity contribution in [2.45, 2.75) is 56.2 Å². The minimum absolute atomic E-state index is 0.0546. The fourth-order valence-electron chi connectivity index (χ4n) is 3.10. The van der Waals surface area contributed by atoms with Gasteiger partial charge in [0.05, 0.1) is 6.04 Å². The Morgan fingerprint density at radius 1 is 1.21 bits per heavy atom. The van der Waals surface area contributed by atoms with Crippen molar-refractivity contribution in [3.05, 3.63) is 24.3 Å². The molecule has 1 aromatic rings. The third kappa shape index (κ3) is 6.15. The SMILES string of the molecule is O=C(CC1SC(=NC2CCCCC2)NC1=O)Nc1ccc(OC(F)(F)F)cc1. The summed E-state index contributed by atoms with van der Waals surface area (Å²) in [6.07, 6.45) is 0.693. The molecule has 1 aliphatic heterocycles. The molecule has 1 aliphatic carbocycles. The summed E-state index contributed by atoms with van der Waals surface area (Å²) >= 11 is 1.24. The smallest absolute Gasteiger partial charge is 0.406 e. The summed E-state index contributed by atoms with van der Waals surface area (Å²) in [5.41, 5.74) is 0.319. The number of amidine groups is 1. The van der Waals surface area contributed by atoms with Gasteiger partial charge in [-0.2, -0.15) is 0 Å². The standard InChI is InChI=1S/C18H20F3N3O3S/c19-18(20,21)27-13-8-6-12(7-9-13)22-15(25)10-14-16(26)24-17(28-14)23-11-4-2-1-3-5-11/h6-9,11,14H,1-5,10H2,(H,22,25)(H,23,24,26). The van der Waals surface area contributed by atoms with E-state index in [1.165, 1.54) is 30.3 Å². The summed E-state index contributed by atoms with van der Waals surface area (Å²) in [6, 6.07) is 5.04. The molecule has 1 atom stereocenters. The van der Waals surface area contributed by atoms with Crippen molar-refractivity contribution in [3.63, 3.8) is 0 Å². The van der Waals surface area contributed by atoms with E-state index in [4.69, 9.17) is 0 Å². The molecule has 0 bridgehead atoms. The second kappa shape index (κ2) is 8.85. The minimum Gasteiger partial charge on any atom is -0.406 e. The molecule has 1 heterocycles. The van der Waals surface area contributed by atoms with Gasteiger partial charge in [-0.25, -0.2) is 0 Å². The Balaban J connectivity index is 1.50. The van der Waals surface area contributed by atoms with Crippen molar-refractivity contribution >= 4 is 34.4 Å². The van der Waals surface area contributed by atoms with Gasteiger partial charge in [0, 0.05) is 12.1 Å². The molecule has 1 unspecified atom stereocenters. The van der Waals surface area contributed by atoms with Crippen molar-refractivity contribution in [2.75, 3.05) is 5.32 Å². The molecule has 152 valence electrons. The number of halogens is 3. The van der Waals surface area contributed by atoms with Gasteiger partial charge in [-0.15, -0.1) is 13.2 Å². The van der Waals surface area contributed by atoms with E-state index in [1.54, 1.807) is 0 Å². The average Bonchev–Trinajstić information content (AvgIpc) is 2.95. The Hall–Kier alpha value is -2.23. The van der Waals surface area contributed by atoms with E-state index in [9.17, 15) is 22.8 Å². The molecular weight excluding hydrogens is 395 g/mol. The molecule has 2 fully saturated rings. The number of thioether (sulfide) groups is 1. The van der Waals surface area contributed by atoms with Gasteiger partial charge in [0.25, 0.3) is 0 Å². The zero-order chi connectivity index (χ0) is 20.1. The van der Waals surface area contributed by atoms with Gasteiger partial charge in [-0.1, -0.05) is 31.0 Å². The summed E-state index contributed by atoms with van der Waals surface area (Å²) in [5, 5.41) is 5.27. The number of nitrogens with zero attached hydrogens (tertiary/aromatic N) is 1. The molecule has 0 aromatic heterocycles. The molecule has 0 spiro atoms. The highest BCUT2D eigenvalue weighted by Gasteiger charge is 2.33. The van der Waals surface area contributed by atoms with Crippen LogP contribution < -0.4 is 15.4 Å². The number of carbonyl (C=O) groups is 2. The number of amides is 2. The lowest BCUT2D eigenvalue weighted by molar-refractivity contribution is -0.274. The first-order valence-corrected chi connectivity index (χ1v) is 9.87. The van der Waals surface area contributed by atoms with Gasteiger partial charge in [0.15, 0.2) is 5.17 Å². The van der Waals surface area contributed by atoms with Crippen molar-refractivity contribution in [2.24, 2.45) is 4.99 Å². The van der Waals surface area contributed by atoms with Crippen LogP contribution in [0.5, 0.6) is 5.75 Å². The van der Waals surface area contributed by atoms with E-state index in [-0.39, 0.29) is 24.1 Å². The highest BCUT2D eigenvalue weighted by molar-refractivity contribution is 8.15. The highest BCUT2D eigenvalue weighted by Crippen LogP contribution is 2.27. The number of hydrogen-bond acceptors (Lipinski definition) is 5. The van der Waals surface area contributed by atoms with E-state index >= 15 is 0 Å². The number of aliphatic imine (C=N–C) groups is 1. The Labute approximate surface area is 164 Å². The lowest BCUT2D eigenvalue weighted by Crippen LogP contribution is -2.28. The van der Waals surface area contributed by atoms with Crippen molar-refractivity contribution in [1.29, 1.82) is 0 Å². The molecule has 6 nitrogen and oxygen atoms in total. The lowest BCUT2D eigenvalue weighted by atomic mass is 9.96. The fraction of sp³-hybridized carbons (Fsp3) is 0.500. The molecule has 2 aliphatic rings. The summed E-state index contributed by atoms with van der Waals surface area (Å²) in [6.45, 7) is 0. The van der Waals surface area contributed by atoms with Gasteiger partial charge in [0.1, 0.15) is 11.0 Å². The molecule has 1 saturated heterocycles. The number of rotatable bonds is 5. The Kier molecular flexibility index (Phi) is 6.48. The fourth-order valence-corrected chi connectivity index (χ4v) is 4.14. The van der Waals surface area contributed by atoms with Gasteiger partial charge in [-0.05, 0) is 37.1 Å². The highest BCUT2D eigenvalue weighted by atomic mass is 32.2. The number of hydrogen-bond donors (Lipinski definition) is 2. The molecule has 2 amide bonds. The van der Waals surface area contributed by atoms with Gasteiger partial charge in [-0.3, -0.25) is 14.6 Å². The van der Waals surface area contributed by atoms with Crippen molar-refractivity contribution in [3.8, 4) is 5.75 Å². The van der Waals surface area contributed by atoms with Crippen LogP contribution in [-0.2, 0) is 9.59 Å². The molecule has 1 saturated carbocycles. The monoisotopic (exact) mass is 415 g/mol. The summed E-state index contributed by atoms with van der Waals surface area (Å²) in [5.74, 6) is -1.04. The summed E-state index contributed by atoms with van der Waals surface area (Å²) in [4.78, 5) is 28.8. The third-order valence-corrected chi connectivity index (χ3v) is 5.49. The first-order valence-electron chi connectivity index (χ1n) is 8.99. The predicted octanol–water partition coefficient (Wildman–Crippen LogP) is 3.83. The molecule has 1 aromatic carbocycles. The largest absolute Gasteiger partial charge is 0.573 e. The van der Waals surface area contributed by atoms with Crippen LogP contribution in [0.2, 0.25) is 0 Å². The van der Waals surface area contributed by atoms with Gasteiger partial charge < -0.3 is 15.4 Å². The minimum atomic E-state index is -4.77. The number of alkyl halides is 3. The Bertz CT molecular complexity index is 747. The topological polar surface area (TPSA) is 79.8 Å². The van der Waals surface area contributed by atoms with Crippen LogP contribution >= 0.6 is 11.8 Å². The maximum Gasteiger partial charge on any atom is 0.573 e. The molecular formula is C18H20F3N3O3S. The number of ether oxygens (including phenoxy) is 1. The van der Waals surface area contributed by atoms with E-state index in [2.05, 4.69) is 20.4 Å². The van der Waals surface area contributed by atoms with Crippen LogP contribution in [0.4, 0.5) is 18.9 Å². The number of anilines is 1. The van der Waals surface area contributed by atoms with Crippen molar-refractivity contribution in [1.82, 2.24) is 5.32 Å². The van der Waals surface area contributed by atoms with Crippen LogP contribution in [0, 0.1) is 0 Å². The van der Waals surface area contributed by atoms with Crippen LogP contribution in [0.3, 0.4) is 0 Å². The van der Waals surface area contributed by atoms with Gasteiger partial charge >= 0.3 is 6.36 Å². The molecule has 2 N–H and O–H groups in total. The van der Waals surface area contributed by atoms with Crippen LogP contribution in [0.25, 0.3) is 0 Å². The number of carbonyl (C=O) groups excluding carboxylic acids is 2. The van der Waals surface area contributed by atoms with Crippen LogP contribution in [0.1, 0.15) is 38.5 Å². The van der Waals surface area contributed by atoms with Gasteiger partial charge in [0.2, 0.25) is 11.8 Å². The zero-order valence-electron chi connectivity index (χ0n) is 14.9. The van der Waals surface area contributed by atoms with Crippen molar-refractivity contribution < 1.29 is 27.5 Å². The third-order valence-electron chi connectivity index (χ3n) is 4.39. The second-order valence-electron chi connectivity index (χ2n) is 6.65. The first kappa shape index (κ1) is 20.5. The molecule has 3 rings (SSSR count). The van der Waals surface area contributed by atoms with Crippen LogP contribution in [-0.4, -0.2) is 34.6 Å².